The molecule has 1 saturated heterocycles. The molecule has 1 heterocycles. The van der Waals surface area contributed by atoms with E-state index in [1.165, 1.54) is 0 Å². The lowest BCUT2D eigenvalue weighted by Crippen LogP contribution is -2.40. The van der Waals surface area contributed by atoms with Gasteiger partial charge in [0.15, 0.2) is 0 Å². The average molecular weight is 303 g/mol. The molecule has 3 N–H and O–H groups in total. The highest BCUT2D eigenvalue weighted by Crippen LogP contribution is 2.13. The van der Waals surface area contributed by atoms with E-state index < -0.39 is 6.04 Å². The standard InChI is InChI=1S/C16H21N3O3/c1-16(2,3)19-14(21)10-4-6-11(7-5-10)17-15(22)12-8-9-13(20)18-12/h4-7,12H,8-9H2,1-3H3,(H,17,22)(H,18,20)(H,19,21). The third-order valence-electron chi connectivity index (χ3n) is 3.21. The summed E-state index contributed by atoms with van der Waals surface area (Å²) < 4.78 is 0. The molecular formula is C16H21N3O3. The first-order valence-corrected chi connectivity index (χ1v) is 7.27. The Balaban J connectivity index is 1.96. The van der Waals surface area contributed by atoms with Gasteiger partial charge in [-0.3, -0.25) is 14.4 Å². The van der Waals surface area contributed by atoms with Crippen molar-refractivity contribution in [1.29, 1.82) is 0 Å². The average Bonchev–Trinajstić information content (AvgIpc) is 2.84. The van der Waals surface area contributed by atoms with Crippen LogP contribution >= 0.6 is 0 Å². The van der Waals surface area contributed by atoms with E-state index in [1.54, 1.807) is 24.3 Å². The third kappa shape index (κ3) is 4.31. The molecule has 6 nitrogen and oxygen atoms in total. The number of amides is 3. The van der Waals surface area contributed by atoms with Crippen molar-refractivity contribution in [3.05, 3.63) is 29.8 Å². The molecule has 1 fully saturated rings. The van der Waals surface area contributed by atoms with Crippen molar-refractivity contribution in [2.45, 2.75) is 45.2 Å². The van der Waals surface area contributed by atoms with Crippen LogP contribution in [0, 0.1) is 0 Å². The number of nitrogens with one attached hydrogen (secondary N) is 3. The lowest BCUT2D eigenvalue weighted by Gasteiger charge is -2.20. The molecule has 1 aromatic rings. The first-order chi connectivity index (χ1) is 10.2. The molecule has 0 aliphatic carbocycles. The van der Waals surface area contributed by atoms with E-state index in [-0.39, 0.29) is 23.3 Å². The van der Waals surface area contributed by atoms with E-state index in [4.69, 9.17) is 0 Å². The van der Waals surface area contributed by atoms with Crippen LogP contribution in [-0.2, 0) is 9.59 Å². The van der Waals surface area contributed by atoms with Crippen molar-refractivity contribution in [3.63, 3.8) is 0 Å². The summed E-state index contributed by atoms with van der Waals surface area (Å²) in [7, 11) is 0. The fourth-order valence-electron chi connectivity index (χ4n) is 2.16. The Morgan fingerprint density at radius 1 is 1.18 bits per heavy atom. The van der Waals surface area contributed by atoms with Crippen molar-refractivity contribution in [3.8, 4) is 0 Å². The quantitative estimate of drug-likeness (QED) is 0.789. The Labute approximate surface area is 129 Å². The highest BCUT2D eigenvalue weighted by Gasteiger charge is 2.27. The van der Waals surface area contributed by atoms with E-state index in [9.17, 15) is 14.4 Å². The normalized spacial score (nSPS) is 17.8. The smallest absolute Gasteiger partial charge is 0.251 e. The van der Waals surface area contributed by atoms with Crippen LogP contribution in [0.4, 0.5) is 5.69 Å². The highest BCUT2D eigenvalue weighted by molar-refractivity contribution is 5.99. The van der Waals surface area contributed by atoms with Gasteiger partial charge in [0.1, 0.15) is 6.04 Å². The molecule has 2 rings (SSSR count). The lowest BCUT2D eigenvalue weighted by atomic mass is 10.1. The number of hydrogen-bond acceptors (Lipinski definition) is 3. The molecule has 0 radical (unpaired) electrons. The van der Waals surface area contributed by atoms with Gasteiger partial charge in [-0.2, -0.15) is 0 Å². The van der Waals surface area contributed by atoms with Gasteiger partial charge in [0.25, 0.3) is 5.91 Å². The summed E-state index contributed by atoms with van der Waals surface area (Å²) in [5, 5.41) is 8.22. The van der Waals surface area contributed by atoms with Gasteiger partial charge in [-0.15, -0.1) is 0 Å². The van der Waals surface area contributed by atoms with Gasteiger partial charge < -0.3 is 16.0 Å². The molecule has 1 unspecified atom stereocenters. The zero-order valence-corrected chi connectivity index (χ0v) is 13.0. The largest absolute Gasteiger partial charge is 0.347 e. The summed E-state index contributed by atoms with van der Waals surface area (Å²) in [6, 6.07) is 6.18. The third-order valence-corrected chi connectivity index (χ3v) is 3.21. The summed E-state index contributed by atoms with van der Waals surface area (Å²) in [5.41, 5.74) is 0.825. The van der Waals surface area contributed by atoms with Crippen molar-refractivity contribution in [1.82, 2.24) is 10.6 Å². The summed E-state index contributed by atoms with van der Waals surface area (Å²) >= 11 is 0. The molecule has 0 saturated carbocycles. The van der Waals surface area contributed by atoms with Crippen molar-refractivity contribution in [2.24, 2.45) is 0 Å². The molecular weight excluding hydrogens is 282 g/mol. The minimum Gasteiger partial charge on any atom is -0.347 e. The number of anilines is 1. The summed E-state index contributed by atoms with van der Waals surface area (Å²) in [6.45, 7) is 5.74. The fourth-order valence-corrected chi connectivity index (χ4v) is 2.16. The second-order valence-corrected chi connectivity index (χ2v) is 6.43. The number of hydrogen-bond donors (Lipinski definition) is 3. The van der Waals surface area contributed by atoms with Crippen LogP contribution in [0.15, 0.2) is 24.3 Å². The van der Waals surface area contributed by atoms with Crippen LogP contribution < -0.4 is 16.0 Å². The first kappa shape index (κ1) is 16.0. The predicted molar refractivity (Wildman–Crippen MR) is 83.5 cm³/mol. The fraction of sp³-hybridized carbons (Fsp3) is 0.438. The van der Waals surface area contributed by atoms with Crippen LogP contribution in [0.5, 0.6) is 0 Å². The lowest BCUT2D eigenvalue weighted by molar-refractivity contribution is -0.122. The second kappa shape index (κ2) is 6.17. The summed E-state index contributed by atoms with van der Waals surface area (Å²) in [6.07, 6.45) is 0.890. The number of carbonyl (C=O) groups is 3. The van der Waals surface area contributed by atoms with Crippen LogP contribution in [-0.4, -0.2) is 29.3 Å². The maximum atomic E-state index is 12.0. The highest BCUT2D eigenvalue weighted by atomic mass is 16.2. The minimum absolute atomic E-state index is 0.102. The zero-order chi connectivity index (χ0) is 16.3. The van der Waals surface area contributed by atoms with Gasteiger partial charge in [0, 0.05) is 23.2 Å². The maximum Gasteiger partial charge on any atom is 0.251 e. The summed E-state index contributed by atoms with van der Waals surface area (Å²) in [4.78, 5) is 35.1. The molecule has 0 aromatic heterocycles. The van der Waals surface area contributed by atoms with Crippen LogP contribution in [0.1, 0.15) is 44.0 Å². The molecule has 0 bridgehead atoms. The SMILES string of the molecule is CC(C)(C)NC(=O)c1ccc(NC(=O)C2CCC(=O)N2)cc1. The van der Waals surface area contributed by atoms with Gasteiger partial charge in [0.05, 0.1) is 0 Å². The minimum atomic E-state index is -0.476. The molecule has 1 aromatic carbocycles. The Morgan fingerprint density at radius 3 is 2.32 bits per heavy atom. The Morgan fingerprint density at radius 2 is 1.82 bits per heavy atom. The van der Waals surface area contributed by atoms with E-state index in [0.717, 1.165) is 0 Å². The predicted octanol–water partition coefficient (Wildman–Crippen LogP) is 1.43. The van der Waals surface area contributed by atoms with Crippen LogP contribution in [0.25, 0.3) is 0 Å². The van der Waals surface area contributed by atoms with E-state index in [1.807, 2.05) is 20.8 Å². The van der Waals surface area contributed by atoms with Gasteiger partial charge in [-0.25, -0.2) is 0 Å². The molecule has 6 heteroatoms. The molecule has 1 aliphatic rings. The van der Waals surface area contributed by atoms with Crippen molar-refractivity contribution >= 4 is 23.4 Å². The van der Waals surface area contributed by atoms with E-state index in [0.29, 0.717) is 24.1 Å². The monoisotopic (exact) mass is 303 g/mol. The van der Waals surface area contributed by atoms with Gasteiger partial charge >= 0.3 is 0 Å². The number of carbonyl (C=O) groups excluding carboxylic acids is 3. The van der Waals surface area contributed by atoms with E-state index in [2.05, 4.69) is 16.0 Å². The Bertz CT molecular complexity index is 588. The van der Waals surface area contributed by atoms with Crippen molar-refractivity contribution < 1.29 is 14.4 Å². The first-order valence-electron chi connectivity index (χ1n) is 7.27. The topological polar surface area (TPSA) is 87.3 Å². The number of benzene rings is 1. The van der Waals surface area contributed by atoms with Gasteiger partial charge in [-0.1, -0.05) is 0 Å². The molecule has 1 atom stereocenters. The Kier molecular flexibility index (Phi) is 4.49. The van der Waals surface area contributed by atoms with Crippen LogP contribution in [0.3, 0.4) is 0 Å². The van der Waals surface area contributed by atoms with Crippen LogP contribution in [0.2, 0.25) is 0 Å². The van der Waals surface area contributed by atoms with Gasteiger partial charge in [-0.05, 0) is 51.5 Å². The molecule has 0 spiro atoms. The Hall–Kier alpha value is -2.37. The second-order valence-electron chi connectivity index (χ2n) is 6.43. The van der Waals surface area contributed by atoms with E-state index >= 15 is 0 Å². The molecule has 22 heavy (non-hydrogen) atoms. The van der Waals surface area contributed by atoms with Crippen molar-refractivity contribution in [2.75, 3.05) is 5.32 Å². The zero-order valence-electron chi connectivity index (χ0n) is 13.0. The number of rotatable bonds is 3. The maximum absolute atomic E-state index is 12.0. The molecule has 1 aliphatic heterocycles. The summed E-state index contributed by atoms with van der Waals surface area (Å²) in [5.74, 6) is -0.500. The van der Waals surface area contributed by atoms with Gasteiger partial charge in [0.2, 0.25) is 11.8 Å². The molecule has 118 valence electrons. The molecule has 3 amide bonds.